The molecule has 3 aromatic heterocycles. The van der Waals surface area contributed by atoms with Gasteiger partial charge < -0.3 is 13.8 Å². The van der Waals surface area contributed by atoms with E-state index in [9.17, 15) is 0 Å². The van der Waals surface area contributed by atoms with Crippen LogP contribution in [0, 0.1) is 62.3 Å². The Balaban J connectivity index is 0.00000384. The smallest absolute Gasteiger partial charge is 0.424 e. The van der Waals surface area contributed by atoms with Gasteiger partial charge in [0.1, 0.15) is 0 Å². The van der Waals surface area contributed by atoms with Crippen LogP contribution in [-0.4, -0.2) is 63.5 Å². The van der Waals surface area contributed by atoms with E-state index < -0.39 is 7.12 Å². The molecule has 0 saturated heterocycles. The molecule has 3 heterocycles. The van der Waals surface area contributed by atoms with Crippen molar-refractivity contribution < 1.29 is 0 Å². The molecule has 0 amide bonds. The van der Waals surface area contributed by atoms with Gasteiger partial charge in [0.15, 0.2) is 0 Å². The summed E-state index contributed by atoms with van der Waals surface area (Å²) in [5.74, 6) is 0. The molecule has 8 heteroatoms. The third-order valence-corrected chi connectivity index (χ3v) is 8.33. The maximum absolute atomic E-state index is 5.14. The zero-order chi connectivity index (χ0) is 30.6. The van der Waals surface area contributed by atoms with Crippen LogP contribution in [0.25, 0.3) is 33.8 Å². The summed E-state index contributed by atoms with van der Waals surface area (Å²) in [6.07, 6.45) is 6.10. The number of nitrogens with zero attached hydrogens (tertiary/aromatic N) is 6. The Hall–Kier alpha value is -3.72. The number of aryl methyl sites for hydroxylation is 9. The van der Waals surface area contributed by atoms with E-state index >= 15 is 0 Å². The van der Waals surface area contributed by atoms with Gasteiger partial charge in [0.05, 0.1) is 17.1 Å². The number of hydrogen-bond donors (Lipinski definition) is 0. The van der Waals surface area contributed by atoms with Crippen molar-refractivity contribution >= 4 is 34.4 Å². The van der Waals surface area contributed by atoms with E-state index in [1.807, 2.05) is 32.4 Å². The van der Waals surface area contributed by atoms with Crippen LogP contribution in [0.5, 0.6) is 0 Å². The molecule has 0 spiro atoms. The Morgan fingerprint density at radius 1 is 0.409 bits per heavy atom. The molecule has 0 aliphatic rings. The normalized spacial score (nSPS) is 11.3. The fourth-order valence-corrected chi connectivity index (χ4v) is 6.92. The van der Waals surface area contributed by atoms with Gasteiger partial charge in [-0.1, -0.05) is 53.1 Å². The number of hydrogen-bond acceptors (Lipinski definition) is 3. The monoisotopic (exact) mass is 771 g/mol. The molecule has 0 saturated carbocycles. The zero-order valence-corrected chi connectivity index (χ0v) is 31.8. The minimum Gasteiger partial charge on any atom is -0.424 e. The third-order valence-electron chi connectivity index (χ3n) is 8.33. The Bertz CT molecular complexity index is 1700. The first kappa shape index (κ1) is 31.7. The van der Waals surface area contributed by atoms with Gasteiger partial charge in [0, 0.05) is 16.7 Å². The standard InChI is InChI=1S/C36H39BN6.Tl/c1-22-16-25(4)34(26(5)17-22)31-10-13-41(38-31)37(42-14-11-32(39-42)35-27(6)18-23(2)19-28(35)7)43-15-12-33(40-43)36-29(8)20-24(3)21-30(36)9;/h10-21H,1-9H3;/q-1;+1. The van der Waals surface area contributed by atoms with Crippen LogP contribution in [0.15, 0.2) is 73.2 Å². The second-order valence-corrected chi connectivity index (χ2v) is 12.2. The second-order valence-electron chi connectivity index (χ2n) is 12.2. The molecule has 0 aliphatic heterocycles. The van der Waals surface area contributed by atoms with Gasteiger partial charge in [-0.15, -0.1) is 0 Å². The minimum atomic E-state index is -0.431. The van der Waals surface area contributed by atoms with Gasteiger partial charge >= 0.3 is 27.3 Å². The number of benzene rings is 3. The summed E-state index contributed by atoms with van der Waals surface area (Å²) in [6, 6.07) is 19.6. The molecular formula is C36H39BN6Tl. The van der Waals surface area contributed by atoms with Crippen molar-refractivity contribution in [2.45, 2.75) is 62.3 Å². The Morgan fingerprint density at radius 3 is 0.864 bits per heavy atom. The van der Waals surface area contributed by atoms with Crippen LogP contribution in [0.3, 0.4) is 0 Å². The Morgan fingerprint density at radius 2 is 0.636 bits per heavy atom. The summed E-state index contributed by atoms with van der Waals surface area (Å²) < 4.78 is 5.89. The van der Waals surface area contributed by atoms with Crippen molar-refractivity contribution in [3.63, 3.8) is 0 Å². The third kappa shape index (κ3) is 5.86. The summed E-state index contributed by atoms with van der Waals surface area (Å²) in [5.41, 5.74) is 17.4. The molecule has 3 aromatic carbocycles. The van der Waals surface area contributed by atoms with Crippen LogP contribution in [0.2, 0.25) is 0 Å². The van der Waals surface area contributed by atoms with Crippen molar-refractivity contribution in [1.29, 1.82) is 0 Å². The van der Waals surface area contributed by atoms with E-state index in [0.29, 0.717) is 0 Å². The SMILES string of the molecule is Cc1cc(C)c(-c2ccn([B-](n3ccc(-c4c(C)cc(C)cc4C)n3)n3ccc(-c4c(C)cc(C)cc4C)n3)n2)c(C)c1.[Tl+]. The molecule has 6 nitrogen and oxygen atoms in total. The van der Waals surface area contributed by atoms with Crippen LogP contribution < -0.4 is 0 Å². The topological polar surface area (TPSA) is 53.5 Å². The van der Waals surface area contributed by atoms with E-state index in [2.05, 4.69) is 117 Å². The largest absolute Gasteiger partial charge is 1.00 e. The number of aromatic nitrogens is 6. The summed E-state index contributed by atoms with van der Waals surface area (Å²) in [7, 11) is -0.431. The van der Waals surface area contributed by atoms with Gasteiger partial charge in [-0.3, -0.25) is 0 Å². The van der Waals surface area contributed by atoms with Crippen molar-refractivity contribution in [3.8, 4) is 33.8 Å². The molecule has 0 fully saturated rings. The molecule has 0 unspecified atom stereocenters. The van der Waals surface area contributed by atoms with Gasteiger partial charge in [0.25, 0.3) is 7.12 Å². The van der Waals surface area contributed by atoms with E-state index in [4.69, 9.17) is 15.3 Å². The molecule has 0 bridgehead atoms. The van der Waals surface area contributed by atoms with Crippen molar-refractivity contribution in [1.82, 2.24) is 29.1 Å². The molecule has 6 rings (SSSR count). The first-order valence-electron chi connectivity index (χ1n) is 14.9. The van der Waals surface area contributed by atoms with E-state index in [-0.39, 0.29) is 27.3 Å². The first-order valence-corrected chi connectivity index (χ1v) is 14.9. The quantitative estimate of drug-likeness (QED) is 0.164. The van der Waals surface area contributed by atoms with E-state index in [1.165, 1.54) is 66.8 Å². The summed E-state index contributed by atoms with van der Waals surface area (Å²) in [6.45, 7) is 19.4. The predicted octanol–water partition coefficient (Wildman–Crippen LogP) is 7.60. The number of rotatable bonds is 6. The van der Waals surface area contributed by atoms with Gasteiger partial charge in [-0.05, 0) is 132 Å². The zero-order valence-electron chi connectivity index (χ0n) is 27.3. The molecule has 6 aromatic rings. The van der Waals surface area contributed by atoms with Crippen LogP contribution in [0.4, 0.5) is 0 Å². The fraction of sp³-hybridized carbons (Fsp3) is 0.250. The molecule has 1 radical (unpaired) electrons. The van der Waals surface area contributed by atoms with E-state index in [1.54, 1.807) is 0 Å². The summed E-state index contributed by atoms with van der Waals surface area (Å²) in [4.78, 5) is 0. The molecule has 0 atom stereocenters. The second kappa shape index (κ2) is 12.3. The summed E-state index contributed by atoms with van der Waals surface area (Å²) in [5, 5.41) is 15.4. The Labute approximate surface area is 281 Å². The van der Waals surface area contributed by atoms with Crippen molar-refractivity contribution in [2.24, 2.45) is 0 Å². The minimum absolute atomic E-state index is 0. The van der Waals surface area contributed by atoms with Crippen LogP contribution in [0.1, 0.15) is 50.1 Å². The first-order chi connectivity index (χ1) is 20.5. The van der Waals surface area contributed by atoms with Gasteiger partial charge in [-0.2, -0.15) is 0 Å². The maximum atomic E-state index is 5.14. The van der Waals surface area contributed by atoms with Crippen LogP contribution in [-0.2, 0) is 0 Å². The predicted molar refractivity (Wildman–Crippen MR) is 183 cm³/mol. The van der Waals surface area contributed by atoms with Crippen molar-refractivity contribution in [2.75, 3.05) is 0 Å². The fourth-order valence-electron chi connectivity index (χ4n) is 6.92. The van der Waals surface area contributed by atoms with Crippen molar-refractivity contribution in [3.05, 3.63) is 123 Å². The van der Waals surface area contributed by atoms with Gasteiger partial charge in [0.2, 0.25) is 0 Å². The molecule has 44 heavy (non-hydrogen) atoms. The molecule has 0 aliphatic carbocycles. The maximum Gasteiger partial charge on any atom is 1.00 e. The molecule has 219 valence electrons. The summed E-state index contributed by atoms with van der Waals surface area (Å²) >= 11 is 0. The molecule has 0 N–H and O–H groups in total. The van der Waals surface area contributed by atoms with Crippen LogP contribution >= 0.6 is 0 Å². The van der Waals surface area contributed by atoms with E-state index in [0.717, 1.165) is 17.1 Å². The van der Waals surface area contributed by atoms with Gasteiger partial charge in [-0.25, -0.2) is 15.3 Å². The average Bonchev–Trinajstić information content (AvgIpc) is 3.66. The Kier molecular flexibility index (Phi) is 8.89. The molecular weight excluding hydrogens is 732 g/mol. The average molecular weight is 771 g/mol.